The molecular weight excluding hydrogens is 218 g/mol. The number of fused-ring (bicyclic) bond motifs is 1. The normalized spacial score (nSPS) is 19.1. The molecule has 17 heavy (non-hydrogen) atoms. The van der Waals surface area contributed by atoms with Crippen LogP contribution in [-0.2, 0) is 10.2 Å². The van der Waals surface area contributed by atoms with Crippen molar-refractivity contribution >= 4 is 11.7 Å². The van der Waals surface area contributed by atoms with Gasteiger partial charge in [0.1, 0.15) is 0 Å². The monoisotopic (exact) mass is 233 g/mol. The molecule has 1 aromatic rings. The van der Waals surface area contributed by atoms with Crippen LogP contribution in [0, 0.1) is 0 Å². The molecule has 0 spiro atoms. The number of carbonyl (C=O) groups is 1. The standard InChI is InChI=1S/C13H15NO3/c1-13(2)7-11(14-16)9-6-8(12(15)17-3)4-5-10(9)13/h4-6,16H,7H2,1-3H3/b14-11-. The second-order valence-corrected chi connectivity index (χ2v) is 4.86. The summed E-state index contributed by atoms with van der Waals surface area (Å²) < 4.78 is 4.68. The maximum absolute atomic E-state index is 11.4. The van der Waals surface area contributed by atoms with Gasteiger partial charge in [0.05, 0.1) is 18.4 Å². The molecule has 1 aromatic carbocycles. The Labute approximate surface area is 99.9 Å². The van der Waals surface area contributed by atoms with E-state index in [1.165, 1.54) is 7.11 Å². The summed E-state index contributed by atoms with van der Waals surface area (Å²) in [6.07, 6.45) is 0.670. The maximum atomic E-state index is 11.4. The Morgan fingerprint density at radius 3 is 2.76 bits per heavy atom. The molecule has 0 bridgehead atoms. The van der Waals surface area contributed by atoms with Crippen molar-refractivity contribution in [2.45, 2.75) is 25.7 Å². The van der Waals surface area contributed by atoms with Gasteiger partial charge in [-0.25, -0.2) is 4.79 Å². The van der Waals surface area contributed by atoms with Crippen LogP contribution in [0.2, 0.25) is 0 Å². The second-order valence-electron chi connectivity index (χ2n) is 4.86. The first-order chi connectivity index (χ1) is 7.99. The second kappa shape index (κ2) is 3.87. The van der Waals surface area contributed by atoms with Crippen LogP contribution in [0.3, 0.4) is 0 Å². The van der Waals surface area contributed by atoms with Gasteiger partial charge in [0.15, 0.2) is 0 Å². The van der Waals surface area contributed by atoms with E-state index >= 15 is 0 Å². The molecule has 4 heteroatoms. The Morgan fingerprint density at radius 2 is 2.18 bits per heavy atom. The van der Waals surface area contributed by atoms with Gasteiger partial charge in [-0.15, -0.1) is 0 Å². The van der Waals surface area contributed by atoms with Gasteiger partial charge in [0.25, 0.3) is 0 Å². The predicted octanol–water partition coefficient (Wildman–Crippen LogP) is 2.33. The van der Waals surface area contributed by atoms with E-state index in [-0.39, 0.29) is 11.4 Å². The van der Waals surface area contributed by atoms with E-state index in [0.717, 1.165) is 11.1 Å². The Morgan fingerprint density at radius 1 is 1.47 bits per heavy atom. The fourth-order valence-corrected chi connectivity index (χ4v) is 2.32. The molecule has 0 heterocycles. The highest BCUT2D eigenvalue weighted by Gasteiger charge is 2.35. The van der Waals surface area contributed by atoms with E-state index in [9.17, 15) is 4.79 Å². The summed E-state index contributed by atoms with van der Waals surface area (Å²) in [4.78, 5) is 11.4. The Bertz CT molecular complexity index is 503. The zero-order valence-electron chi connectivity index (χ0n) is 10.2. The van der Waals surface area contributed by atoms with Crippen molar-refractivity contribution in [3.05, 3.63) is 34.9 Å². The molecule has 1 aliphatic carbocycles. The summed E-state index contributed by atoms with van der Waals surface area (Å²) in [5.41, 5.74) is 2.96. The largest absolute Gasteiger partial charge is 0.465 e. The predicted molar refractivity (Wildman–Crippen MR) is 63.7 cm³/mol. The number of benzene rings is 1. The molecule has 0 aromatic heterocycles. The molecule has 1 N–H and O–H groups in total. The van der Waals surface area contributed by atoms with Crippen LogP contribution in [0.4, 0.5) is 0 Å². The van der Waals surface area contributed by atoms with Gasteiger partial charge in [-0.2, -0.15) is 0 Å². The van der Waals surface area contributed by atoms with Crippen LogP contribution in [0.15, 0.2) is 23.4 Å². The number of carbonyl (C=O) groups excluding carboxylic acids is 1. The number of methoxy groups -OCH3 is 1. The lowest BCUT2D eigenvalue weighted by atomic mass is 9.86. The van der Waals surface area contributed by atoms with Crippen molar-refractivity contribution in [3.8, 4) is 0 Å². The van der Waals surface area contributed by atoms with Crippen LogP contribution in [0.5, 0.6) is 0 Å². The summed E-state index contributed by atoms with van der Waals surface area (Å²) in [6, 6.07) is 5.37. The van der Waals surface area contributed by atoms with Crippen LogP contribution in [0.1, 0.15) is 41.8 Å². The third-order valence-electron chi connectivity index (χ3n) is 3.21. The van der Waals surface area contributed by atoms with Gasteiger partial charge in [0.2, 0.25) is 0 Å². The third-order valence-corrected chi connectivity index (χ3v) is 3.21. The molecule has 0 unspecified atom stereocenters. The first kappa shape index (κ1) is 11.6. The van der Waals surface area contributed by atoms with Gasteiger partial charge in [-0.05, 0) is 23.1 Å². The number of ether oxygens (including phenoxy) is 1. The third kappa shape index (κ3) is 1.79. The minimum Gasteiger partial charge on any atom is -0.465 e. The molecule has 90 valence electrons. The molecule has 4 nitrogen and oxygen atoms in total. The van der Waals surface area contributed by atoms with Crippen LogP contribution >= 0.6 is 0 Å². The molecule has 0 atom stereocenters. The van der Waals surface area contributed by atoms with Crippen molar-refractivity contribution in [2.75, 3.05) is 7.11 Å². The van der Waals surface area contributed by atoms with E-state index in [1.54, 1.807) is 12.1 Å². The average Bonchev–Trinajstić information content (AvgIpc) is 2.59. The number of nitrogens with zero attached hydrogens (tertiary/aromatic N) is 1. The number of oxime groups is 1. The van der Waals surface area contributed by atoms with Gasteiger partial charge < -0.3 is 9.94 Å². The van der Waals surface area contributed by atoms with Gasteiger partial charge in [-0.1, -0.05) is 25.1 Å². The van der Waals surface area contributed by atoms with E-state index in [4.69, 9.17) is 5.21 Å². The summed E-state index contributed by atoms with van der Waals surface area (Å²) in [5, 5.41) is 12.3. The molecule has 2 rings (SSSR count). The average molecular weight is 233 g/mol. The molecule has 0 amide bonds. The first-order valence-electron chi connectivity index (χ1n) is 5.44. The number of hydrogen-bond acceptors (Lipinski definition) is 4. The molecule has 0 fully saturated rings. The highest BCUT2D eigenvalue weighted by Crippen LogP contribution is 2.38. The van der Waals surface area contributed by atoms with E-state index in [1.807, 2.05) is 6.07 Å². The lowest BCUT2D eigenvalue weighted by molar-refractivity contribution is 0.0600. The van der Waals surface area contributed by atoms with Crippen LogP contribution < -0.4 is 0 Å². The smallest absolute Gasteiger partial charge is 0.337 e. The van der Waals surface area contributed by atoms with Crippen molar-refractivity contribution in [1.29, 1.82) is 0 Å². The first-order valence-corrected chi connectivity index (χ1v) is 5.44. The van der Waals surface area contributed by atoms with Crippen molar-refractivity contribution in [2.24, 2.45) is 5.16 Å². The fourth-order valence-electron chi connectivity index (χ4n) is 2.32. The van der Waals surface area contributed by atoms with E-state index < -0.39 is 0 Å². The summed E-state index contributed by atoms with van der Waals surface area (Å²) in [6.45, 7) is 4.17. The number of rotatable bonds is 1. The van der Waals surface area contributed by atoms with Crippen LogP contribution in [0.25, 0.3) is 0 Å². The minimum absolute atomic E-state index is 0.0639. The van der Waals surface area contributed by atoms with Gasteiger partial charge >= 0.3 is 5.97 Å². The highest BCUT2D eigenvalue weighted by molar-refractivity contribution is 6.07. The minimum atomic E-state index is -0.380. The van der Waals surface area contributed by atoms with E-state index in [2.05, 4.69) is 23.7 Å². The van der Waals surface area contributed by atoms with Crippen molar-refractivity contribution in [1.82, 2.24) is 0 Å². The highest BCUT2D eigenvalue weighted by atomic mass is 16.5. The Balaban J connectivity index is 2.56. The SMILES string of the molecule is COC(=O)c1ccc2c(c1)/C(=N\O)CC2(C)C. The zero-order valence-corrected chi connectivity index (χ0v) is 10.2. The molecule has 0 saturated carbocycles. The zero-order chi connectivity index (χ0) is 12.6. The van der Waals surface area contributed by atoms with E-state index in [0.29, 0.717) is 17.7 Å². The summed E-state index contributed by atoms with van der Waals surface area (Å²) >= 11 is 0. The van der Waals surface area contributed by atoms with Crippen molar-refractivity contribution in [3.63, 3.8) is 0 Å². The number of esters is 1. The summed E-state index contributed by atoms with van der Waals surface area (Å²) in [5.74, 6) is -0.380. The van der Waals surface area contributed by atoms with Gasteiger partial charge in [-0.3, -0.25) is 0 Å². The molecule has 0 radical (unpaired) electrons. The molecular formula is C13H15NO3. The van der Waals surface area contributed by atoms with Crippen LogP contribution in [-0.4, -0.2) is 24.0 Å². The topological polar surface area (TPSA) is 58.9 Å². The maximum Gasteiger partial charge on any atom is 0.337 e. The Hall–Kier alpha value is -1.84. The molecule has 0 aliphatic heterocycles. The van der Waals surface area contributed by atoms with Crippen molar-refractivity contribution < 1.29 is 14.7 Å². The Kier molecular flexibility index (Phi) is 2.65. The quantitative estimate of drug-likeness (QED) is 0.460. The molecule has 1 aliphatic rings. The lowest BCUT2D eigenvalue weighted by Gasteiger charge is -2.17. The summed E-state index contributed by atoms with van der Waals surface area (Å²) in [7, 11) is 1.35. The molecule has 0 saturated heterocycles. The lowest BCUT2D eigenvalue weighted by Crippen LogP contribution is -2.12. The number of hydrogen-bond donors (Lipinski definition) is 1. The fraction of sp³-hybridized carbons (Fsp3) is 0.385. The van der Waals surface area contributed by atoms with Gasteiger partial charge in [0, 0.05) is 12.0 Å².